The molecule has 0 amide bonds. The van der Waals surface area contributed by atoms with Gasteiger partial charge in [-0.05, 0) is 44.6 Å². The fourth-order valence-electron chi connectivity index (χ4n) is 4.69. The molecule has 1 saturated carbocycles. The first-order chi connectivity index (χ1) is 13.9. The molecule has 1 saturated heterocycles. The summed E-state index contributed by atoms with van der Waals surface area (Å²) in [5.74, 6) is 0.473. The highest BCUT2D eigenvalue weighted by Crippen LogP contribution is 2.36. The van der Waals surface area contributed by atoms with Crippen molar-refractivity contribution in [2.75, 3.05) is 18.5 Å². The van der Waals surface area contributed by atoms with Crippen molar-refractivity contribution in [1.82, 2.24) is 14.5 Å². The van der Waals surface area contributed by atoms with E-state index in [-0.39, 0.29) is 35.6 Å². The van der Waals surface area contributed by atoms with E-state index in [1.165, 1.54) is 6.92 Å². The molecule has 1 aliphatic carbocycles. The molecule has 2 aliphatic rings. The standard InChI is InChI=1S/C21H28N4O4/c1-11-5-4-6-16(11)25-19-14(12(2)18(13(3)26)20(25)28)9-22-21(24-19)23-15-7-8-29-10-17(15)27/h9,11,15-17,27H,4-8,10H2,1-3H3,(H,22,23,24). The Morgan fingerprint density at radius 1 is 1.34 bits per heavy atom. The number of aryl methyl sites for hydroxylation is 1. The molecule has 0 spiro atoms. The summed E-state index contributed by atoms with van der Waals surface area (Å²) in [5, 5.41) is 14.1. The smallest absolute Gasteiger partial charge is 0.263 e. The highest BCUT2D eigenvalue weighted by Gasteiger charge is 2.31. The van der Waals surface area contributed by atoms with Crippen LogP contribution in [0.1, 0.15) is 61.5 Å². The summed E-state index contributed by atoms with van der Waals surface area (Å²) >= 11 is 0. The van der Waals surface area contributed by atoms with Crippen LogP contribution in [0.5, 0.6) is 0 Å². The first-order valence-corrected chi connectivity index (χ1v) is 10.3. The van der Waals surface area contributed by atoms with E-state index in [1.54, 1.807) is 17.7 Å². The molecule has 4 rings (SSSR count). The van der Waals surface area contributed by atoms with Crippen LogP contribution in [0.2, 0.25) is 0 Å². The SMILES string of the molecule is CC(=O)c1c(C)c2cnc(NC3CCOCC3O)nc2n(C2CCCC2C)c1=O. The van der Waals surface area contributed by atoms with Gasteiger partial charge in [0.15, 0.2) is 5.78 Å². The lowest BCUT2D eigenvalue weighted by Gasteiger charge is -2.28. The molecule has 2 fully saturated rings. The van der Waals surface area contributed by atoms with Gasteiger partial charge < -0.3 is 15.2 Å². The third-order valence-electron chi connectivity index (χ3n) is 6.35. The van der Waals surface area contributed by atoms with Gasteiger partial charge in [-0.15, -0.1) is 0 Å². The first kappa shape index (κ1) is 20.0. The Morgan fingerprint density at radius 2 is 2.14 bits per heavy atom. The molecule has 3 heterocycles. The average Bonchev–Trinajstić information content (AvgIpc) is 3.09. The van der Waals surface area contributed by atoms with Gasteiger partial charge >= 0.3 is 0 Å². The van der Waals surface area contributed by atoms with Crippen LogP contribution in [0.3, 0.4) is 0 Å². The van der Waals surface area contributed by atoms with Crippen molar-refractivity contribution in [2.45, 2.75) is 64.6 Å². The number of fused-ring (bicyclic) bond motifs is 1. The quantitative estimate of drug-likeness (QED) is 0.758. The number of rotatable bonds is 4. The summed E-state index contributed by atoms with van der Waals surface area (Å²) in [6.45, 7) is 6.19. The van der Waals surface area contributed by atoms with Crippen LogP contribution >= 0.6 is 0 Å². The Kier molecular flexibility index (Phi) is 5.40. The van der Waals surface area contributed by atoms with Crippen LogP contribution in [0.15, 0.2) is 11.0 Å². The predicted molar refractivity (Wildman–Crippen MR) is 109 cm³/mol. The van der Waals surface area contributed by atoms with Gasteiger partial charge in [-0.2, -0.15) is 4.98 Å². The molecule has 0 bridgehead atoms. The Labute approximate surface area is 169 Å². The minimum absolute atomic E-state index is 0.0140. The predicted octanol–water partition coefficient (Wildman–Crippen LogP) is 2.23. The molecular weight excluding hydrogens is 372 g/mol. The number of hydrogen-bond acceptors (Lipinski definition) is 7. The lowest BCUT2D eigenvalue weighted by Crippen LogP contribution is -2.42. The van der Waals surface area contributed by atoms with Gasteiger partial charge in [-0.1, -0.05) is 13.3 Å². The van der Waals surface area contributed by atoms with Crippen LogP contribution in [0.25, 0.3) is 11.0 Å². The fraction of sp³-hybridized carbons (Fsp3) is 0.619. The number of ether oxygens (including phenoxy) is 1. The van der Waals surface area contributed by atoms with Gasteiger partial charge in [0.25, 0.3) is 5.56 Å². The van der Waals surface area contributed by atoms with E-state index >= 15 is 0 Å². The van der Waals surface area contributed by atoms with E-state index in [0.29, 0.717) is 41.5 Å². The lowest BCUT2D eigenvalue weighted by atomic mass is 10.0. The molecule has 4 unspecified atom stereocenters. The highest BCUT2D eigenvalue weighted by molar-refractivity contribution is 5.99. The maximum absolute atomic E-state index is 13.3. The van der Waals surface area contributed by atoms with Crippen LogP contribution in [-0.2, 0) is 4.74 Å². The molecule has 2 aromatic rings. The number of Topliss-reactive ketones (excluding diaryl/α,β-unsaturated/α-hetero) is 1. The molecule has 8 nitrogen and oxygen atoms in total. The van der Waals surface area contributed by atoms with Gasteiger partial charge in [0, 0.05) is 24.2 Å². The van der Waals surface area contributed by atoms with E-state index in [4.69, 9.17) is 4.74 Å². The average molecular weight is 400 g/mol. The number of carbonyl (C=O) groups excluding carboxylic acids is 1. The van der Waals surface area contributed by atoms with Crippen LogP contribution < -0.4 is 10.9 Å². The minimum Gasteiger partial charge on any atom is -0.389 e. The highest BCUT2D eigenvalue weighted by atomic mass is 16.5. The Bertz CT molecular complexity index is 1000. The summed E-state index contributed by atoms with van der Waals surface area (Å²) < 4.78 is 6.99. The zero-order valence-corrected chi connectivity index (χ0v) is 17.1. The van der Waals surface area contributed by atoms with Crippen molar-refractivity contribution in [3.63, 3.8) is 0 Å². The number of nitrogens with one attached hydrogen (secondary N) is 1. The normalized spacial score (nSPS) is 27.3. The second-order valence-corrected chi connectivity index (χ2v) is 8.32. The van der Waals surface area contributed by atoms with Crippen LogP contribution in [-0.4, -0.2) is 50.8 Å². The topological polar surface area (TPSA) is 106 Å². The molecule has 156 valence electrons. The van der Waals surface area contributed by atoms with E-state index < -0.39 is 6.10 Å². The monoisotopic (exact) mass is 400 g/mol. The molecule has 0 aromatic carbocycles. The second-order valence-electron chi connectivity index (χ2n) is 8.32. The van der Waals surface area contributed by atoms with Crippen LogP contribution in [0, 0.1) is 12.8 Å². The van der Waals surface area contributed by atoms with Crippen molar-refractivity contribution in [3.05, 3.63) is 27.7 Å². The third kappa shape index (κ3) is 3.55. The molecule has 2 N–H and O–H groups in total. The Hall–Kier alpha value is -2.32. The summed E-state index contributed by atoms with van der Waals surface area (Å²) in [4.78, 5) is 34.7. The number of aliphatic hydroxyl groups is 1. The fourth-order valence-corrected chi connectivity index (χ4v) is 4.69. The van der Waals surface area contributed by atoms with Gasteiger partial charge in [0.2, 0.25) is 5.95 Å². The number of aliphatic hydroxyl groups excluding tert-OH is 1. The number of nitrogens with zero attached hydrogens (tertiary/aromatic N) is 3. The number of hydrogen-bond donors (Lipinski definition) is 2. The molecule has 2 aromatic heterocycles. The number of pyridine rings is 1. The summed E-state index contributed by atoms with van der Waals surface area (Å²) in [5.41, 5.74) is 1.13. The van der Waals surface area contributed by atoms with Crippen molar-refractivity contribution >= 4 is 22.8 Å². The van der Waals surface area contributed by atoms with E-state index in [0.717, 1.165) is 19.3 Å². The molecule has 0 radical (unpaired) electrons. The maximum Gasteiger partial charge on any atom is 0.263 e. The molecule has 4 atom stereocenters. The summed E-state index contributed by atoms with van der Waals surface area (Å²) in [6.07, 6.45) is 4.68. The van der Waals surface area contributed by atoms with Crippen molar-refractivity contribution in [3.8, 4) is 0 Å². The van der Waals surface area contributed by atoms with Crippen LogP contribution in [0.4, 0.5) is 5.95 Å². The lowest BCUT2D eigenvalue weighted by molar-refractivity contribution is -0.0136. The number of anilines is 1. The summed E-state index contributed by atoms with van der Waals surface area (Å²) in [6, 6.07) is -0.190. The van der Waals surface area contributed by atoms with Gasteiger partial charge in [-0.25, -0.2) is 4.98 Å². The van der Waals surface area contributed by atoms with E-state index in [9.17, 15) is 14.7 Å². The first-order valence-electron chi connectivity index (χ1n) is 10.3. The van der Waals surface area contributed by atoms with Gasteiger partial charge in [0.05, 0.1) is 24.3 Å². The summed E-state index contributed by atoms with van der Waals surface area (Å²) in [7, 11) is 0. The molecule has 1 aliphatic heterocycles. The number of carbonyl (C=O) groups is 1. The zero-order valence-electron chi connectivity index (χ0n) is 17.1. The molecular formula is C21H28N4O4. The van der Waals surface area contributed by atoms with Crippen molar-refractivity contribution < 1.29 is 14.6 Å². The van der Waals surface area contributed by atoms with E-state index in [2.05, 4.69) is 22.2 Å². The van der Waals surface area contributed by atoms with Crippen molar-refractivity contribution in [1.29, 1.82) is 0 Å². The zero-order chi connectivity index (χ0) is 20.7. The Morgan fingerprint density at radius 3 is 2.79 bits per heavy atom. The second kappa shape index (κ2) is 7.84. The van der Waals surface area contributed by atoms with Crippen molar-refractivity contribution in [2.24, 2.45) is 5.92 Å². The number of aromatic nitrogens is 3. The maximum atomic E-state index is 13.3. The molecule has 8 heteroatoms. The van der Waals surface area contributed by atoms with E-state index in [1.807, 2.05) is 0 Å². The Balaban J connectivity index is 1.86. The third-order valence-corrected chi connectivity index (χ3v) is 6.35. The minimum atomic E-state index is -0.637. The largest absolute Gasteiger partial charge is 0.389 e. The number of ketones is 1. The molecule has 29 heavy (non-hydrogen) atoms. The van der Waals surface area contributed by atoms with Gasteiger partial charge in [0.1, 0.15) is 5.65 Å². The van der Waals surface area contributed by atoms with Gasteiger partial charge in [-0.3, -0.25) is 14.2 Å².